The lowest BCUT2D eigenvalue weighted by Crippen LogP contribution is -2.27. The van der Waals surface area contributed by atoms with E-state index in [1.54, 1.807) is 0 Å². The Balaban J connectivity index is 1.94. The summed E-state index contributed by atoms with van der Waals surface area (Å²) < 4.78 is 8.04. The summed E-state index contributed by atoms with van der Waals surface area (Å²) in [4.78, 5) is 0. The van der Waals surface area contributed by atoms with Crippen LogP contribution in [0.2, 0.25) is 0 Å². The van der Waals surface area contributed by atoms with E-state index >= 15 is 0 Å². The molecular weight excluding hydrogens is 262 g/mol. The normalized spacial score (nSPS) is 20.6. The van der Waals surface area contributed by atoms with E-state index in [9.17, 15) is 0 Å². The van der Waals surface area contributed by atoms with Crippen molar-refractivity contribution in [1.29, 1.82) is 0 Å². The number of aryl methyl sites for hydroxylation is 1. The molecule has 1 aliphatic heterocycles. The van der Waals surface area contributed by atoms with Crippen molar-refractivity contribution >= 4 is 0 Å². The van der Waals surface area contributed by atoms with Crippen LogP contribution in [0.15, 0.2) is 12.3 Å². The molecule has 0 aromatic carbocycles. The maximum absolute atomic E-state index is 5.88. The van der Waals surface area contributed by atoms with Gasteiger partial charge in [-0.15, -0.1) is 0 Å². The Hall–Kier alpha value is -0.870. The number of ether oxygens (including phenoxy) is 1. The molecule has 1 fully saturated rings. The zero-order chi connectivity index (χ0) is 14.9. The number of hydrogen-bond donors (Lipinski definition) is 1. The van der Waals surface area contributed by atoms with Gasteiger partial charge < -0.3 is 10.1 Å². The minimum Gasteiger partial charge on any atom is -0.378 e. The Labute approximate surface area is 129 Å². The van der Waals surface area contributed by atoms with Gasteiger partial charge in [-0.25, -0.2) is 0 Å². The molecule has 1 N–H and O–H groups in total. The van der Waals surface area contributed by atoms with Gasteiger partial charge in [0.1, 0.15) is 0 Å². The van der Waals surface area contributed by atoms with Crippen LogP contribution >= 0.6 is 0 Å². The van der Waals surface area contributed by atoms with Crippen molar-refractivity contribution < 1.29 is 4.74 Å². The number of nitrogens with zero attached hydrogens (tertiary/aromatic N) is 2. The first-order valence-electron chi connectivity index (χ1n) is 8.71. The Morgan fingerprint density at radius 1 is 1.38 bits per heavy atom. The second kappa shape index (κ2) is 9.21. The summed E-state index contributed by atoms with van der Waals surface area (Å²) in [7, 11) is 0. The SMILES string of the molecule is CCCNC(CCC1CCCCO1)c1ccnn1CCC. The maximum atomic E-state index is 5.88. The molecule has 2 heterocycles. The molecule has 2 rings (SSSR count). The number of aromatic nitrogens is 2. The molecule has 0 amide bonds. The highest BCUT2D eigenvalue weighted by Gasteiger charge is 2.19. The molecule has 4 heteroatoms. The first kappa shape index (κ1) is 16.5. The number of rotatable bonds is 9. The minimum atomic E-state index is 0.407. The molecule has 1 aliphatic rings. The van der Waals surface area contributed by atoms with E-state index in [-0.39, 0.29) is 0 Å². The van der Waals surface area contributed by atoms with Crippen LogP contribution in [0.1, 0.15) is 70.5 Å². The second-order valence-electron chi connectivity index (χ2n) is 6.05. The largest absolute Gasteiger partial charge is 0.378 e. The first-order chi connectivity index (χ1) is 10.3. The van der Waals surface area contributed by atoms with Crippen LogP contribution in [0, 0.1) is 0 Å². The third-order valence-electron chi connectivity index (χ3n) is 4.23. The minimum absolute atomic E-state index is 0.407. The number of nitrogens with one attached hydrogen (secondary N) is 1. The topological polar surface area (TPSA) is 39.1 Å². The molecule has 4 nitrogen and oxygen atoms in total. The lowest BCUT2D eigenvalue weighted by Gasteiger charge is -2.26. The molecule has 1 aromatic rings. The fourth-order valence-electron chi connectivity index (χ4n) is 3.10. The molecule has 0 saturated carbocycles. The molecule has 0 bridgehead atoms. The van der Waals surface area contributed by atoms with Crippen molar-refractivity contribution in [1.82, 2.24) is 15.1 Å². The summed E-state index contributed by atoms with van der Waals surface area (Å²) in [6.45, 7) is 7.44. The number of hydrogen-bond acceptors (Lipinski definition) is 3. The van der Waals surface area contributed by atoms with Crippen molar-refractivity contribution in [3.05, 3.63) is 18.0 Å². The van der Waals surface area contributed by atoms with Crippen molar-refractivity contribution in [2.24, 2.45) is 0 Å². The van der Waals surface area contributed by atoms with E-state index in [1.807, 2.05) is 6.20 Å². The van der Waals surface area contributed by atoms with Crippen molar-refractivity contribution in [2.45, 2.75) is 77.5 Å². The van der Waals surface area contributed by atoms with Crippen molar-refractivity contribution in [3.63, 3.8) is 0 Å². The van der Waals surface area contributed by atoms with Crippen LogP contribution in [0.3, 0.4) is 0 Å². The molecule has 0 aliphatic carbocycles. The van der Waals surface area contributed by atoms with Crippen molar-refractivity contribution in [3.8, 4) is 0 Å². The highest BCUT2D eigenvalue weighted by atomic mass is 16.5. The van der Waals surface area contributed by atoms with Gasteiger partial charge in [-0.05, 0) is 57.6 Å². The molecule has 2 atom stereocenters. The fraction of sp³-hybridized carbons (Fsp3) is 0.824. The predicted octanol–water partition coefficient (Wildman–Crippen LogP) is 3.68. The summed E-state index contributed by atoms with van der Waals surface area (Å²) >= 11 is 0. The molecule has 1 aromatic heterocycles. The molecule has 0 radical (unpaired) electrons. The maximum Gasteiger partial charge on any atom is 0.0575 e. The quantitative estimate of drug-likeness (QED) is 0.755. The van der Waals surface area contributed by atoms with Gasteiger partial charge in [0.05, 0.1) is 11.8 Å². The van der Waals surface area contributed by atoms with Gasteiger partial charge in [0.25, 0.3) is 0 Å². The fourth-order valence-corrected chi connectivity index (χ4v) is 3.10. The average Bonchev–Trinajstić information content (AvgIpc) is 2.97. The van der Waals surface area contributed by atoms with Crippen LogP contribution in [0.4, 0.5) is 0 Å². The smallest absolute Gasteiger partial charge is 0.0575 e. The van der Waals surface area contributed by atoms with E-state index in [4.69, 9.17) is 4.74 Å². The summed E-state index contributed by atoms with van der Waals surface area (Å²) in [5.74, 6) is 0. The lowest BCUT2D eigenvalue weighted by molar-refractivity contribution is 0.00840. The van der Waals surface area contributed by atoms with E-state index in [0.29, 0.717) is 12.1 Å². The van der Waals surface area contributed by atoms with Crippen LogP contribution in [-0.2, 0) is 11.3 Å². The standard InChI is InChI=1S/C17H31N3O/c1-3-11-18-16(9-8-15-7-5-6-14-21-15)17-10-12-19-20(17)13-4-2/h10,12,15-16,18H,3-9,11,13-14H2,1-2H3. The van der Waals surface area contributed by atoms with Gasteiger partial charge in [0, 0.05) is 25.4 Å². The Kier molecular flexibility index (Phi) is 7.24. The summed E-state index contributed by atoms with van der Waals surface area (Å²) in [5.41, 5.74) is 1.33. The second-order valence-corrected chi connectivity index (χ2v) is 6.05. The van der Waals surface area contributed by atoms with E-state index in [0.717, 1.165) is 39.0 Å². The van der Waals surface area contributed by atoms with Crippen LogP contribution < -0.4 is 5.32 Å². The van der Waals surface area contributed by atoms with Crippen LogP contribution in [0.5, 0.6) is 0 Å². The lowest BCUT2D eigenvalue weighted by atomic mass is 10.00. The summed E-state index contributed by atoms with van der Waals surface area (Å²) in [6.07, 6.45) is 10.8. The Morgan fingerprint density at radius 2 is 2.29 bits per heavy atom. The van der Waals surface area contributed by atoms with Gasteiger partial charge in [-0.3, -0.25) is 4.68 Å². The monoisotopic (exact) mass is 293 g/mol. The summed E-state index contributed by atoms with van der Waals surface area (Å²) in [5, 5.41) is 8.17. The van der Waals surface area contributed by atoms with E-state index in [2.05, 4.69) is 35.0 Å². The molecule has 21 heavy (non-hydrogen) atoms. The molecular formula is C17H31N3O. The molecule has 0 spiro atoms. The summed E-state index contributed by atoms with van der Waals surface area (Å²) in [6, 6.07) is 2.58. The van der Waals surface area contributed by atoms with Crippen molar-refractivity contribution in [2.75, 3.05) is 13.2 Å². The average molecular weight is 293 g/mol. The third kappa shape index (κ3) is 5.11. The highest BCUT2D eigenvalue weighted by Crippen LogP contribution is 2.24. The van der Waals surface area contributed by atoms with Gasteiger partial charge in [-0.2, -0.15) is 5.10 Å². The van der Waals surface area contributed by atoms with Gasteiger partial charge in [-0.1, -0.05) is 13.8 Å². The zero-order valence-corrected chi connectivity index (χ0v) is 13.7. The van der Waals surface area contributed by atoms with Gasteiger partial charge >= 0.3 is 0 Å². The zero-order valence-electron chi connectivity index (χ0n) is 13.7. The Bertz CT molecular complexity index is 385. The molecule has 120 valence electrons. The van der Waals surface area contributed by atoms with Gasteiger partial charge in [0.2, 0.25) is 0 Å². The van der Waals surface area contributed by atoms with E-state index in [1.165, 1.54) is 31.4 Å². The Morgan fingerprint density at radius 3 is 3.00 bits per heavy atom. The highest BCUT2D eigenvalue weighted by molar-refractivity contribution is 5.07. The first-order valence-corrected chi connectivity index (χ1v) is 8.71. The van der Waals surface area contributed by atoms with E-state index < -0.39 is 0 Å². The van der Waals surface area contributed by atoms with Gasteiger partial charge in [0.15, 0.2) is 0 Å². The third-order valence-corrected chi connectivity index (χ3v) is 4.23. The molecule has 1 saturated heterocycles. The molecule has 2 unspecified atom stereocenters. The predicted molar refractivity (Wildman–Crippen MR) is 86.4 cm³/mol. The van der Waals surface area contributed by atoms with Crippen LogP contribution in [0.25, 0.3) is 0 Å². The van der Waals surface area contributed by atoms with Crippen LogP contribution in [-0.4, -0.2) is 29.0 Å².